The van der Waals surface area contributed by atoms with Gasteiger partial charge in [0.25, 0.3) is 0 Å². The molecule has 0 heterocycles. The fourth-order valence-corrected chi connectivity index (χ4v) is 5.43. The van der Waals surface area contributed by atoms with Gasteiger partial charge < -0.3 is 42.7 Å². The highest BCUT2D eigenvalue weighted by Gasteiger charge is 2.45. The zero-order chi connectivity index (χ0) is 23.5. The minimum absolute atomic E-state index is 0.193. The lowest BCUT2D eigenvalue weighted by Crippen LogP contribution is -2.49. The van der Waals surface area contributed by atoms with Crippen LogP contribution in [-0.4, -0.2) is 107 Å². The predicted molar refractivity (Wildman–Crippen MR) is 124 cm³/mol. The summed E-state index contributed by atoms with van der Waals surface area (Å²) in [6, 6.07) is 0.768. The molecule has 192 valence electrons. The molecule has 1 fully saturated rings. The standard InChI is InChI=1S/C22H46O9Si/c1-5-28-22(29-6-2,19-32-31-18-16-27-14-12-25-4)20-7-9-21(23,10-8-20)30-17-15-26-13-11-24-3/h20,23H,5-19,32H2,1-4H3. The zero-order valence-corrected chi connectivity index (χ0v) is 22.0. The van der Waals surface area contributed by atoms with Crippen molar-refractivity contribution in [3.8, 4) is 0 Å². The first-order valence-corrected chi connectivity index (χ1v) is 13.5. The zero-order valence-electron chi connectivity index (χ0n) is 20.6. The second-order valence-corrected chi connectivity index (χ2v) is 9.14. The van der Waals surface area contributed by atoms with E-state index in [0.29, 0.717) is 78.9 Å². The van der Waals surface area contributed by atoms with Gasteiger partial charge in [-0.2, -0.15) is 0 Å². The third-order valence-corrected chi connectivity index (χ3v) is 7.07. The lowest BCUT2D eigenvalue weighted by atomic mass is 9.80. The maximum atomic E-state index is 10.8. The summed E-state index contributed by atoms with van der Waals surface area (Å²) in [5.74, 6) is -1.58. The number of hydrogen-bond donors (Lipinski definition) is 1. The molecule has 0 aliphatic heterocycles. The van der Waals surface area contributed by atoms with Crippen LogP contribution in [0.2, 0.25) is 6.04 Å². The minimum atomic E-state index is -1.11. The Morgan fingerprint density at radius 2 is 1.34 bits per heavy atom. The van der Waals surface area contributed by atoms with Crippen molar-refractivity contribution < 1.29 is 42.7 Å². The smallest absolute Gasteiger partial charge is 0.170 e. The monoisotopic (exact) mass is 482 g/mol. The molecule has 0 aromatic carbocycles. The van der Waals surface area contributed by atoms with Crippen LogP contribution >= 0.6 is 0 Å². The molecule has 1 aliphatic rings. The summed E-state index contributed by atoms with van der Waals surface area (Å²) < 4.78 is 44.8. The number of ether oxygens (including phenoxy) is 7. The Bertz CT molecular complexity index is 428. The largest absolute Gasteiger partial charge is 0.421 e. The van der Waals surface area contributed by atoms with Crippen molar-refractivity contribution in [3.63, 3.8) is 0 Å². The normalized spacial score (nSPS) is 22.2. The van der Waals surface area contributed by atoms with Crippen molar-refractivity contribution in [2.24, 2.45) is 5.92 Å². The van der Waals surface area contributed by atoms with E-state index in [1.165, 1.54) is 0 Å². The third kappa shape index (κ3) is 11.8. The number of aliphatic hydroxyl groups is 1. The van der Waals surface area contributed by atoms with Gasteiger partial charge in [-0.15, -0.1) is 0 Å². The van der Waals surface area contributed by atoms with Crippen LogP contribution in [0.25, 0.3) is 0 Å². The summed E-state index contributed by atoms with van der Waals surface area (Å²) in [6.07, 6.45) is 2.64. The molecule has 0 bridgehead atoms. The van der Waals surface area contributed by atoms with Crippen molar-refractivity contribution in [2.75, 3.05) is 80.3 Å². The molecule has 0 aromatic rings. The van der Waals surface area contributed by atoms with Gasteiger partial charge in [-0.25, -0.2) is 0 Å². The highest BCUT2D eigenvalue weighted by molar-refractivity contribution is 6.27. The fourth-order valence-electron chi connectivity index (χ4n) is 3.98. The molecule has 1 saturated carbocycles. The van der Waals surface area contributed by atoms with Gasteiger partial charge >= 0.3 is 0 Å². The van der Waals surface area contributed by atoms with E-state index in [-0.39, 0.29) is 5.92 Å². The molecule has 9 nitrogen and oxygen atoms in total. The third-order valence-electron chi connectivity index (χ3n) is 5.60. The van der Waals surface area contributed by atoms with Gasteiger partial charge in [0.05, 0.1) is 52.9 Å². The Morgan fingerprint density at radius 1 is 0.812 bits per heavy atom. The van der Waals surface area contributed by atoms with Gasteiger partial charge in [0, 0.05) is 52.2 Å². The Labute approximate surface area is 196 Å². The Morgan fingerprint density at radius 3 is 1.88 bits per heavy atom. The predicted octanol–water partition coefficient (Wildman–Crippen LogP) is 1.50. The summed E-state index contributed by atoms with van der Waals surface area (Å²) in [6.45, 7) is 9.32. The van der Waals surface area contributed by atoms with Gasteiger partial charge in [0.1, 0.15) is 0 Å². The molecule has 0 aromatic heterocycles. The maximum absolute atomic E-state index is 10.8. The lowest BCUT2D eigenvalue weighted by Gasteiger charge is -2.45. The van der Waals surface area contributed by atoms with Gasteiger partial charge in [0.15, 0.2) is 21.3 Å². The number of hydrogen-bond acceptors (Lipinski definition) is 9. The van der Waals surface area contributed by atoms with Crippen LogP contribution in [0.5, 0.6) is 0 Å². The van der Waals surface area contributed by atoms with Crippen molar-refractivity contribution in [1.29, 1.82) is 0 Å². The summed E-state index contributed by atoms with van der Waals surface area (Å²) in [4.78, 5) is 0. The van der Waals surface area contributed by atoms with Gasteiger partial charge in [-0.3, -0.25) is 0 Å². The highest BCUT2D eigenvalue weighted by Crippen LogP contribution is 2.42. The average Bonchev–Trinajstić information content (AvgIpc) is 2.78. The topological polar surface area (TPSA) is 94.1 Å². The Kier molecular flexibility index (Phi) is 17.0. The maximum Gasteiger partial charge on any atom is 0.170 e. The molecule has 0 amide bonds. The molecule has 0 unspecified atom stereocenters. The molecule has 1 N–H and O–H groups in total. The first-order valence-electron chi connectivity index (χ1n) is 11.9. The van der Waals surface area contributed by atoms with E-state index < -0.39 is 21.3 Å². The van der Waals surface area contributed by atoms with Crippen LogP contribution < -0.4 is 0 Å². The average molecular weight is 483 g/mol. The van der Waals surface area contributed by atoms with Crippen LogP contribution in [0.1, 0.15) is 39.5 Å². The Hall–Kier alpha value is -0.143. The van der Waals surface area contributed by atoms with Gasteiger partial charge in [-0.05, 0) is 26.7 Å². The van der Waals surface area contributed by atoms with Crippen molar-refractivity contribution in [1.82, 2.24) is 0 Å². The second kappa shape index (κ2) is 18.2. The van der Waals surface area contributed by atoms with Crippen molar-refractivity contribution in [2.45, 2.75) is 57.1 Å². The highest BCUT2D eigenvalue weighted by atomic mass is 28.2. The van der Waals surface area contributed by atoms with Gasteiger partial charge in [-0.1, -0.05) is 0 Å². The molecule has 0 radical (unpaired) electrons. The summed E-state index contributed by atoms with van der Waals surface area (Å²) in [7, 11) is 2.44. The lowest BCUT2D eigenvalue weighted by molar-refractivity contribution is -0.281. The van der Waals surface area contributed by atoms with Crippen LogP contribution in [0.4, 0.5) is 0 Å². The van der Waals surface area contributed by atoms with Crippen LogP contribution in [0, 0.1) is 5.92 Å². The van der Waals surface area contributed by atoms with Crippen LogP contribution in [0.15, 0.2) is 0 Å². The molecule has 1 rings (SSSR count). The van der Waals surface area contributed by atoms with E-state index >= 15 is 0 Å². The molecule has 0 atom stereocenters. The first kappa shape index (κ1) is 29.9. The van der Waals surface area contributed by atoms with E-state index in [4.69, 9.17) is 37.6 Å². The van der Waals surface area contributed by atoms with Crippen LogP contribution in [0.3, 0.4) is 0 Å². The second-order valence-electron chi connectivity index (χ2n) is 7.82. The quantitative estimate of drug-likeness (QED) is 0.148. The van der Waals surface area contributed by atoms with Crippen LogP contribution in [-0.2, 0) is 37.6 Å². The molecule has 32 heavy (non-hydrogen) atoms. The van der Waals surface area contributed by atoms with Crippen molar-refractivity contribution in [3.05, 3.63) is 0 Å². The summed E-state index contributed by atoms with van der Waals surface area (Å²) in [5, 5.41) is 10.8. The Balaban J connectivity index is 2.46. The molecule has 10 heteroatoms. The first-order chi connectivity index (χ1) is 15.6. The molecule has 0 saturated heterocycles. The molecular formula is C22H46O9Si. The van der Waals surface area contributed by atoms with E-state index in [1.54, 1.807) is 14.2 Å². The molecule has 0 spiro atoms. The van der Waals surface area contributed by atoms with E-state index in [9.17, 15) is 5.11 Å². The number of methoxy groups -OCH3 is 2. The molecule has 1 aliphatic carbocycles. The molecular weight excluding hydrogens is 436 g/mol. The summed E-state index contributed by atoms with van der Waals surface area (Å²) >= 11 is 0. The van der Waals surface area contributed by atoms with E-state index in [1.807, 2.05) is 13.8 Å². The number of rotatable bonds is 21. The fraction of sp³-hybridized carbons (Fsp3) is 1.00. The summed E-state index contributed by atoms with van der Waals surface area (Å²) in [5.41, 5.74) is 0. The SMILES string of the molecule is CCOC(C[SiH2]OCCOCCOC)(OCC)C1CCC(O)(OCCOCCOC)CC1. The minimum Gasteiger partial charge on any atom is -0.421 e. The van der Waals surface area contributed by atoms with Gasteiger partial charge in [0.2, 0.25) is 0 Å². The van der Waals surface area contributed by atoms with E-state index in [2.05, 4.69) is 0 Å². The van der Waals surface area contributed by atoms with E-state index in [0.717, 1.165) is 18.9 Å². The van der Waals surface area contributed by atoms with Crippen molar-refractivity contribution >= 4 is 9.76 Å².